The van der Waals surface area contributed by atoms with Gasteiger partial charge in [0.1, 0.15) is 11.5 Å². The molecule has 0 amide bonds. The molecule has 25 heavy (non-hydrogen) atoms. The Hall–Kier alpha value is -3.10. The highest BCUT2D eigenvalue weighted by molar-refractivity contribution is 5.59. The number of nitrogens with one attached hydrogen (secondary N) is 1. The average molecular weight is 349 g/mol. The van der Waals surface area contributed by atoms with Crippen LogP contribution in [0.15, 0.2) is 53.5 Å². The fourth-order valence-electron chi connectivity index (χ4n) is 2.22. The van der Waals surface area contributed by atoms with Crippen molar-refractivity contribution >= 4 is 5.95 Å². The Labute approximate surface area is 141 Å². The number of hydrogen-bond acceptors (Lipinski definition) is 5. The van der Waals surface area contributed by atoms with Gasteiger partial charge >= 0.3 is 6.18 Å². The van der Waals surface area contributed by atoms with Crippen molar-refractivity contribution in [3.8, 4) is 11.3 Å². The molecule has 1 aromatic carbocycles. The van der Waals surface area contributed by atoms with Crippen LogP contribution in [0.4, 0.5) is 19.1 Å². The third kappa shape index (κ3) is 3.87. The van der Waals surface area contributed by atoms with E-state index in [9.17, 15) is 13.2 Å². The standard InChI is InChI=1S/C16H14F3N5O/c1-2-8-24-15(21-22-23-24)20-10-13-6-7-14(25-13)11-4-3-5-12(9-11)16(17,18)19/h2-7,9H,1,8,10H2,(H,20,21,23). The van der Waals surface area contributed by atoms with Crippen molar-refractivity contribution in [2.75, 3.05) is 5.32 Å². The lowest BCUT2D eigenvalue weighted by Gasteiger charge is -2.07. The highest BCUT2D eigenvalue weighted by atomic mass is 19.4. The van der Waals surface area contributed by atoms with Gasteiger partial charge in [-0.25, -0.2) is 4.68 Å². The van der Waals surface area contributed by atoms with Crippen LogP contribution in [0.3, 0.4) is 0 Å². The van der Waals surface area contributed by atoms with Gasteiger partial charge in [-0.3, -0.25) is 0 Å². The first-order valence-electron chi connectivity index (χ1n) is 7.34. The first-order valence-corrected chi connectivity index (χ1v) is 7.34. The summed E-state index contributed by atoms with van der Waals surface area (Å²) in [5.41, 5.74) is -0.359. The number of tetrazole rings is 1. The fourth-order valence-corrected chi connectivity index (χ4v) is 2.22. The van der Waals surface area contributed by atoms with E-state index >= 15 is 0 Å². The molecule has 1 N–H and O–H groups in total. The van der Waals surface area contributed by atoms with Crippen LogP contribution in [0.25, 0.3) is 11.3 Å². The Morgan fingerprint density at radius 1 is 1.24 bits per heavy atom. The molecule has 2 heterocycles. The van der Waals surface area contributed by atoms with E-state index in [1.807, 2.05) is 0 Å². The highest BCUT2D eigenvalue weighted by Crippen LogP contribution is 2.32. The summed E-state index contributed by atoms with van der Waals surface area (Å²) < 4.78 is 45.5. The van der Waals surface area contributed by atoms with Crippen LogP contribution in [-0.2, 0) is 19.3 Å². The Bertz CT molecular complexity index is 869. The van der Waals surface area contributed by atoms with Crippen molar-refractivity contribution in [1.29, 1.82) is 0 Å². The van der Waals surface area contributed by atoms with E-state index < -0.39 is 11.7 Å². The molecule has 0 bridgehead atoms. The average Bonchev–Trinajstić information content (AvgIpc) is 3.22. The molecule has 0 unspecified atom stereocenters. The van der Waals surface area contributed by atoms with Gasteiger partial charge in [0.25, 0.3) is 0 Å². The van der Waals surface area contributed by atoms with Gasteiger partial charge in [-0.15, -0.1) is 6.58 Å². The Morgan fingerprint density at radius 3 is 2.84 bits per heavy atom. The van der Waals surface area contributed by atoms with Crippen LogP contribution in [-0.4, -0.2) is 20.2 Å². The summed E-state index contributed by atoms with van der Waals surface area (Å²) in [6.45, 7) is 4.35. The van der Waals surface area contributed by atoms with Gasteiger partial charge in [-0.1, -0.05) is 23.3 Å². The molecule has 0 aliphatic carbocycles. The summed E-state index contributed by atoms with van der Waals surface area (Å²) in [5.74, 6) is 1.34. The lowest BCUT2D eigenvalue weighted by atomic mass is 10.1. The zero-order valence-electron chi connectivity index (χ0n) is 13.0. The van der Waals surface area contributed by atoms with Crippen LogP contribution in [0.1, 0.15) is 11.3 Å². The van der Waals surface area contributed by atoms with Gasteiger partial charge in [-0.2, -0.15) is 13.2 Å². The molecular formula is C16H14F3N5O. The molecule has 0 spiro atoms. The first-order chi connectivity index (χ1) is 12.0. The Morgan fingerprint density at radius 2 is 2.08 bits per heavy atom. The maximum atomic E-state index is 12.8. The summed E-state index contributed by atoms with van der Waals surface area (Å²) in [5, 5.41) is 14.2. The van der Waals surface area contributed by atoms with Gasteiger partial charge in [0, 0.05) is 5.56 Å². The van der Waals surface area contributed by atoms with Crippen LogP contribution in [0.5, 0.6) is 0 Å². The zero-order valence-corrected chi connectivity index (χ0v) is 13.0. The van der Waals surface area contributed by atoms with E-state index in [1.165, 1.54) is 10.7 Å². The lowest BCUT2D eigenvalue weighted by Crippen LogP contribution is -2.07. The van der Waals surface area contributed by atoms with Gasteiger partial charge < -0.3 is 9.73 Å². The van der Waals surface area contributed by atoms with Gasteiger partial charge in [0.2, 0.25) is 5.95 Å². The lowest BCUT2D eigenvalue weighted by molar-refractivity contribution is -0.137. The van der Waals surface area contributed by atoms with Crippen molar-refractivity contribution in [1.82, 2.24) is 20.2 Å². The van der Waals surface area contributed by atoms with Crippen LogP contribution in [0.2, 0.25) is 0 Å². The number of nitrogens with zero attached hydrogens (tertiary/aromatic N) is 4. The zero-order chi connectivity index (χ0) is 17.9. The fraction of sp³-hybridized carbons (Fsp3) is 0.188. The van der Waals surface area contributed by atoms with Crippen molar-refractivity contribution in [3.63, 3.8) is 0 Å². The molecule has 0 saturated heterocycles. The molecule has 3 rings (SSSR count). The van der Waals surface area contributed by atoms with Crippen LogP contribution < -0.4 is 5.32 Å². The summed E-state index contributed by atoms with van der Waals surface area (Å²) in [6, 6.07) is 8.30. The quantitative estimate of drug-likeness (QED) is 0.687. The number of aromatic nitrogens is 4. The summed E-state index contributed by atoms with van der Waals surface area (Å²) in [7, 11) is 0. The number of rotatable bonds is 6. The molecule has 0 saturated carbocycles. The number of alkyl halides is 3. The molecular weight excluding hydrogens is 335 g/mol. The molecule has 6 nitrogen and oxygen atoms in total. The van der Waals surface area contributed by atoms with E-state index in [0.717, 1.165) is 12.1 Å². The topological polar surface area (TPSA) is 68.8 Å². The maximum absolute atomic E-state index is 12.8. The van der Waals surface area contributed by atoms with Crippen molar-refractivity contribution in [2.24, 2.45) is 0 Å². The molecule has 130 valence electrons. The second-order valence-corrected chi connectivity index (χ2v) is 5.17. The molecule has 0 aliphatic rings. The number of benzene rings is 1. The predicted molar refractivity (Wildman–Crippen MR) is 84.5 cm³/mol. The minimum atomic E-state index is -4.39. The van der Waals surface area contributed by atoms with Gasteiger partial charge in [0.05, 0.1) is 18.7 Å². The third-order valence-corrected chi connectivity index (χ3v) is 3.39. The van der Waals surface area contributed by atoms with Crippen molar-refractivity contribution in [2.45, 2.75) is 19.3 Å². The highest BCUT2D eigenvalue weighted by Gasteiger charge is 2.30. The van der Waals surface area contributed by atoms with Crippen molar-refractivity contribution < 1.29 is 17.6 Å². The second-order valence-electron chi connectivity index (χ2n) is 5.17. The summed E-state index contributed by atoms with van der Waals surface area (Å²) >= 11 is 0. The molecule has 0 fully saturated rings. The number of allylic oxidation sites excluding steroid dienone is 1. The molecule has 9 heteroatoms. The maximum Gasteiger partial charge on any atom is 0.416 e. The first kappa shape index (κ1) is 16.7. The second kappa shape index (κ2) is 6.80. The number of halogens is 3. The monoisotopic (exact) mass is 349 g/mol. The molecule has 2 aromatic heterocycles. The Kier molecular flexibility index (Phi) is 4.55. The molecule has 3 aromatic rings. The summed E-state index contributed by atoms with van der Waals surface area (Å²) in [4.78, 5) is 0. The van der Waals surface area contributed by atoms with E-state index in [0.29, 0.717) is 29.6 Å². The van der Waals surface area contributed by atoms with Gasteiger partial charge in [0.15, 0.2) is 0 Å². The molecule has 0 atom stereocenters. The van der Waals surface area contributed by atoms with Crippen LogP contribution >= 0.6 is 0 Å². The molecule has 0 radical (unpaired) electrons. The van der Waals surface area contributed by atoms with Crippen molar-refractivity contribution in [3.05, 3.63) is 60.4 Å². The summed E-state index contributed by atoms with van der Waals surface area (Å²) in [6.07, 6.45) is -2.74. The van der Waals surface area contributed by atoms with E-state index in [1.54, 1.807) is 24.3 Å². The predicted octanol–water partition coefficient (Wildman–Crippen LogP) is 3.75. The third-order valence-electron chi connectivity index (χ3n) is 3.39. The van der Waals surface area contributed by atoms with Crippen LogP contribution in [0, 0.1) is 0 Å². The minimum Gasteiger partial charge on any atom is -0.459 e. The number of hydrogen-bond donors (Lipinski definition) is 1. The minimum absolute atomic E-state index is 0.288. The van der Waals surface area contributed by atoms with Gasteiger partial charge in [-0.05, 0) is 34.7 Å². The number of furan rings is 1. The van der Waals surface area contributed by atoms with E-state index in [2.05, 4.69) is 27.4 Å². The number of anilines is 1. The van der Waals surface area contributed by atoms with E-state index in [4.69, 9.17) is 4.42 Å². The SMILES string of the molecule is C=CCn1nnnc1NCc1ccc(-c2cccc(C(F)(F)F)c2)o1. The largest absolute Gasteiger partial charge is 0.459 e. The Balaban J connectivity index is 1.72. The molecule has 0 aliphatic heterocycles. The van der Waals surface area contributed by atoms with E-state index in [-0.39, 0.29) is 6.54 Å². The normalized spacial score (nSPS) is 11.5. The smallest absolute Gasteiger partial charge is 0.416 e.